The average molecular weight is 256 g/mol. The Balaban J connectivity index is 2.25. The summed E-state index contributed by atoms with van der Waals surface area (Å²) in [6, 6.07) is 7.79. The van der Waals surface area contributed by atoms with Gasteiger partial charge < -0.3 is 0 Å². The van der Waals surface area contributed by atoms with Crippen LogP contribution in [0.3, 0.4) is 0 Å². The lowest BCUT2D eigenvalue weighted by atomic mass is 10.2. The van der Waals surface area contributed by atoms with Crippen LogP contribution in [-0.2, 0) is 0 Å². The van der Waals surface area contributed by atoms with Gasteiger partial charge in [-0.05, 0) is 17.9 Å². The van der Waals surface area contributed by atoms with E-state index in [-0.39, 0.29) is 0 Å². The molecule has 2 aromatic rings. The molecule has 0 amide bonds. The second-order valence-electron chi connectivity index (χ2n) is 2.93. The van der Waals surface area contributed by atoms with Crippen LogP contribution in [0.25, 0.3) is 10.6 Å². The zero-order valence-corrected chi connectivity index (χ0v) is 10.6. The molecule has 4 heteroatoms. The Morgan fingerprint density at radius 2 is 2.07 bits per heavy atom. The first-order chi connectivity index (χ1) is 7.29. The van der Waals surface area contributed by atoms with E-state index >= 15 is 0 Å². The molecule has 0 bridgehead atoms. The first-order valence-corrected chi connectivity index (χ1v) is 6.88. The molecular weight excluding hydrogens is 246 g/mol. The van der Waals surface area contributed by atoms with Crippen molar-refractivity contribution in [1.29, 1.82) is 0 Å². The Morgan fingerprint density at radius 1 is 1.33 bits per heavy atom. The molecule has 1 aromatic carbocycles. The second kappa shape index (κ2) is 5.01. The number of aromatic nitrogens is 1. The molecule has 0 unspecified atom stereocenters. The molecule has 0 atom stereocenters. The number of thiazole rings is 1. The number of thioether (sulfide) groups is 1. The molecule has 0 spiro atoms. The summed E-state index contributed by atoms with van der Waals surface area (Å²) in [5, 5.41) is 5.02. The van der Waals surface area contributed by atoms with Gasteiger partial charge in [-0.25, -0.2) is 4.98 Å². The van der Waals surface area contributed by atoms with E-state index in [2.05, 4.69) is 17.3 Å². The highest BCUT2D eigenvalue weighted by Gasteiger charge is 2.03. The molecule has 0 saturated carbocycles. The predicted octanol–water partition coefficient (Wildman–Crippen LogP) is 4.58. The number of hydrogen-bond donors (Lipinski definition) is 0. The molecular formula is C11H10ClNS2. The van der Waals surface area contributed by atoms with Gasteiger partial charge in [0.2, 0.25) is 0 Å². The molecule has 0 N–H and O–H groups in total. The van der Waals surface area contributed by atoms with Crippen molar-refractivity contribution in [2.45, 2.75) is 11.9 Å². The molecule has 15 heavy (non-hydrogen) atoms. The number of rotatable bonds is 3. The van der Waals surface area contributed by atoms with Crippen LogP contribution in [-0.4, -0.2) is 10.7 Å². The van der Waals surface area contributed by atoms with E-state index in [9.17, 15) is 0 Å². The lowest BCUT2D eigenvalue weighted by molar-refractivity contribution is 1.20. The number of halogens is 1. The van der Waals surface area contributed by atoms with E-state index in [0.29, 0.717) is 0 Å². The van der Waals surface area contributed by atoms with Crippen LogP contribution < -0.4 is 0 Å². The van der Waals surface area contributed by atoms with Gasteiger partial charge in [0.05, 0.1) is 0 Å². The fraction of sp³-hybridized carbons (Fsp3) is 0.182. The van der Waals surface area contributed by atoms with E-state index in [1.165, 1.54) is 0 Å². The van der Waals surface area contributed by atoms with Gasteiger partial charge in [-0.1, -0.05) is 30.7 Å². The standard InChI is InChI=1S/C11H10ClNS2/c1-2-14-10-7-15-11(13-10)8-3-5-9(12)6-4-8/h3-7H,2H2,1H3. The van der Waals surface area contributed by atoms with Crippen molar-refractivity contribution in [3.63, 3.8) is 0 Å². The van der Waals surface area contributed by atoms with Crippen molar-refractivity contribution in [3.8, 4) is 10.6 Å². The molecule has 0 aliphatic rings. The van der Waals surface area contributed by atoms with E-state index in [1.807, 2.05) is 24.3 Å². The Morgan fingerprint density at radius 3 is 2.73 bits per heavy atom. The minimum Gasteiger partial charge on any atom is -0.230 e. The Labute approximate surface area is 103 Å². The van der Waals surface area contributed by atoms with Gasteiger partial charge in [0.25, 0.3) is 0 Å². The average Bonchev–Trinajstić information content (AvgIpc) is 2.68. The lowest BCUT2D eigenvalue weighted by Gasteiger charge is -1.95. The van der Waals surface area contributed by atoms with Crippen molar-refractivity contribution >= 4 is 34.7 Å². The van der Waals surface area contributed by atoms with Crippen LogP contribution in [0.1, 0.15) is 6.92 Å². The predicted molar refractivity (Wildman–Crippen MR) is 69.0 cm³/mol. The lowest BCUT2D eigenvalue weighted by Crippen LogP contribution is -1.76. The van der Waals surface area contributed by atoms with E-state index in [4.69, 9.17) is 11.6 Å². The third-order valence-electron chi connectivity index (χ3n) is 1.87. The summed E-state index contributed by atoms with van der Waals surface area (Å²) in [7, 11) is 0. The van der Waals surface area contributed by atoms with E-state index < -0.39 is 0 Å². The van der Waals surface area contributed by atoms with E-state index in [0.717, 1.165) is 26.4 Å². The Kier molecular flexibility index (Phi) is 3.67. The van der Waals surface area contributed by atoms with Crippen molar-refractivity contribution in [1.82, 2.24) is 4.98 Å². The van der Waals surface area contributed by atoms with Gasteiger partial charge in [-0.2, -0.15) is 0 Å². The zero-order valence-electron chi connectivity index (χ0n) is 8.24. The molecule has 1 aromatic heterocycles. The molecule has 1 heterocycles. The summed E-state index contributed by atoms with van der Waals surface area (Å²) in [5.41, 5.74) is 1.13. The summed E-state index contributed by atoms with van der Waals surface area (Å²) in [6.45, 7) is 2.13. The fourth-order valence-electron chi connectivity index (χ4n) is 1.20. The van der Waals surface area contributed by atoms with Gasteiger partial charge >= 0.3 is 0 Å². The maximum Gasteiger partial charge on any atom is 0.124 e. The van der Waals surface area contributed by atoms with Crippen LogP contribution in [0.15, 0.2) is 34.7 Å². The Bertz CT molecular complexity index is 436. The van der Waals surface area contributed by atoms with Gasteiger partial charge in [-0.15, -0.1) is 23.1 Å². The summed E-state index contributed by atoms with van der Waals surface area (Å²) in [4.78, 5) is 4.54. The third kappa shape index (κ3) is 2.74. The van der Waals surface area contributed by atoms with Crippen LogP contribution in [0, 0.1) is 0 Å². The second-order valence-corrected chi connectivity index (χ2v) is 5.51. The summed E-state index contributed by atoms with van der Waals surface area (Å²) in [6.07, 6.45) is 0. The maximum absolute atomic E-state index is 5.83. The minimum absolute atomic E-state index is 0.762. The van der Waals surface area contributed by atoms with Gasteiger partial charge in [-0.3, -0.25) is 0 Å². The Hall–Kier alpha value is -0.510. The van der Waals surface area contributed by atoms with Crippen molar-refractivity contribution < 1.29 is 0 Å². The zero-order chi connectivity index (χ0) is 10.7. The summed E-state index contributed by atoms with van der Waals surface area (Å²) in [5.74, 6) is 1.06. The van der Waals surface area contributed by atoms with Gasteiger partial charge in [0.15, 0.2) is 0 Å². The quantitative estimate of drug-likeness (QED) is 0.745. The van der Waals surface area contributed by atoms with E-state index in [1.54, 1.807) is 23.1 Å². The van der Waals surface area contributed by atoms with Crippen molar-refractivity contribution in [2.24, 2.45) is 0 Å². The SMILES string of the molecule is CCSc1csc(-c2ccc(Cl)cc2)n1. The topological polar surface area (TPSA) is 12.9 Å². The minimum atomic E-state index is 0.762. The highest BCUT2D eigenvalue weighted by molar-refractivity contribution is 7.99. The fourth-order valence-corrected chi connectivity index (χ4v) is 2.94. The third-order valence-corrected chi connectivity index (χ3v) is 3.95. The highest BCUT2D eigenvalue weighted by atomic mass is 35.5. The van der Waals surface area contributed by atoms with Gasteiger partial charge in [0.1, 0.15) is 10.0 Å². The summed E-state index contributed by atoms with van der Waals surface area (Å²) < 4.78 is 0. The number of nitrogens with zero attached hydrogens (tertiary/aromatic N) is 1. The molecule has 0 saturated heterocycles. The monoisotopic (exact) mass is 255 g/mol. The largest absolute Gasteiger partial charge is 0.230 e. The molecule has 78 valence electrons. The first-order valence-electron chi connectivity index (χ1n) is 4.64. The molecule has 2 rings (SSSR count). The van der Waals surface area contributed by atoms with Crippen LogP contribution in [0.4, 0.5) is 0 Å². The molecule has 0 aliphatic heterocycles. The number of benzene rings is 1. The highest BCUT2D eigenvalue weighted by Crippen LogP contribution is 2.28. The first kappa shape index (κ1) is 11.0. The van der Waals surface area contributed by atoms with Crippen molar-refractivity contribution in [2.75, 3.05) is 5.75 Å². The number of hydrogen-bond acceptors (Lipinski definition) is 3. The van der Waals surface area contributed by atoms with Crippen LogP contribution in [0.2, 0.25) is 5.02 Å². The molecule has 0 fully saturated rings. The molecule has 0 radical (unpaired) electrons. The van der Waals surface area contributed by atoms with Crippen LogP contribution in [0.5, 0.6) is 0 Å². The summed E-state index contributed by atoms with van der Waals surface area (Å²) >= 11 is 9.27. The molecule has 0 aliphatic carbocycles. The normalized spacial score (nSPS) is 10.5. The maximum atomic E-state index is 5.83. The molecule has 1 nitrogen and oxygen atoms in total. The van der Waals surface area contributed by atoms with Gasteiger partial charge in [0, 0.05) is 16.0 Å². The van der Waals surface area contributed by atoms with Crippen molar-refractivity contribution in [3.05, 3.63) is 34.7 Å². The van der Waals surface area contributed by atoms with Crippen LogP contribution >= 0.6 is 34.7 Å². The smallest absolute Gasteiger partial charge is 0.124 e.